The van der Waals surface area contributed by atoms with Crippen LogP contribution in [0, 0.1) is 0 Å². The average Bonchev–Trinajstić information content (AvgIpc) is 3.56. The number of ether oxygens (including phenoxy) is 2. The van der Waals surface area contributed by atoms with Crippen molar-refractivity contribution in [2.24, 2.45) is 0 Å². The van der Waals surface area contributed by atoms with Crippen LogP contribution < -0.4 is 15.0 Å². The molecule has 32 heavy (non-hydrogen) atoms. The van der Waals surface area contributed by atoms with Crippen LogP contribution in [0.1, 0.15) is 31.5 Å². The van der Waals surface area contributed by atoms with Gasteiger partial charge in [-0.15, -0.1) is 17.9 Å². The summed E-state index contributed by atoms with van der Waals surface area (Å²) in [5.41, 5.74) is 1.54. The van der Waals surface area contributed by atoms with E-state index in [1.54, 1.807) is 14.2 Å². The molecule has 170 valence electrons. The molecule has 1 unspecified atom stereocenters. The molecule has 0 radical (unpaired) electrons. The summed E-state index contributed by atoms with van der Waals surface area (Å²) < 4.78 is 10.7. The minimum absolute atomic E-state index is 0.154. The molecular formula is C24H29N3O4S. The second-order valence-corrected chi connectivity index (χ2v) is 8.95. The minimum atomic E-state index is -0.414. The van der Waals surface area contributed by atoms with E-state index in [1.807, 2.05) is 29.7 Å². The first kappa shape index (κ1) is 22.5. The maximum atomic E-state index is 13.0. The zero-order valence-electron chi connectivity index (χ0n) is 18.5. The van der Waals surface area contributed by atoms with Crippen molar-refractivity contribution in [3.8, 4) is 22.6 Å². The minimum Gasteiger partial charge on any atom is -0.493 e. The van der Waals surface area contributed by atoms with Gasteiger partial charge < -0.3 is 19.6 Å². The highest BCUT2D eigenvalue weighted by atomic mass is 32.1. The third-order valence-electron chi connectivity index (χ3n) is 5.75. The Bertz CT molecular complexity index is 1150. The SMILES string of the molecule is C=CCCC(O)CN(Cc1nc2scc(-c3ccc(OC)c(OC)c3)c2c(=O)[nH]1)C1CC1. The highest BCUT2D eigenvalue weighted by molar-refractivity contribution is 7.17. The topological polar surface area (TPSA) is 87.7 Å². The van der Waals surface area contributed by atoms with Crippen molar-refractivity contribution in [2.75, 3.05) is 20.8 Å². The predicted octanol–water partition coefficient (Wildman–Crippen LogP) is 3.96. The van der Waals surface area contributed by atoms with Crippen LogP contribution in [0.2, 0.25) is 0 Å². The molecule has 4 rings (SSSR count). The van der Waals surface area contributed by atoms with E-state index in [0.29, 0.717) is 53.1 Å². The van der Waals surface area contributed by atoms with Crippen molar-refractivity contribution >= 4 is 21.6 Å². The van der Waals surface area contributed by atoms with Crippen molar-refractivity contribution in [3.63, 3.8) is 0 Å². The van der Waals surface area contributed by atoms with E-state index in [-0.39, 0.29) is 5.56 Å². The predicted molar refractivity (Wildman–Crippen MR) is 128 cm³/mol. The summed E-state index contributed by atoms with van der Waals surface area (Å²) in [4.78, 5) is 23.7. The third-order valence-corrected chi connectivity index (χ3v) is 6.63. The van der Waals surface area contributed by atoms with Gasteiger partial charge in [0.15, 0.2) is 11.5 Å². The Balaban J connectivity index is 1.60. The van der Waals surface area contributed by atoms with Crippen LogP contribution in [-0.2, 0) is 6.54 Å². The number of aliphatic hydroxyl groups excluding tert-OH is 1. The van der Waals surface area contributed by atoms with Crippen LogP contribution in [0.15, 0.2) is 41.0 Å². The fourth-order valence-corrected chi connectivity index (χ4v) is 4.90. The summed E-state index contributed by atoms with van der Waals surface area (Å²) in [6.07, 6.45) is 5.11. The van der Waals surface area contributed by atoms with Crippen LogP contribution in [0.3, 0.4) is 0 Å². The molecule has 2 N–H and O–H groups in total. The number of aliphatic hydroxyl groups is 1. The standard InChI is InChI=1S/C24H29N3O4S/c1-4-5-6-17(28)12-27(16-8-9-16)13-21-25-23(29)22-18(14-32-24(22)26-21)15-7-10-19(30-2)20(11-15)31-3/h4,7,10-11,14,16-17,28H,1,5-6,8-9,12-13H2,2-3H3,(H,25,26,29). The molecule has 7 nitrogen and oxygen atoms in total. The number of allylic oxidation sites excluding steroid dienone is 1. The molecule has 2 heterocycles. The molecule has 0 saturated heterocycles. The largest absolute Gasteiger partial charge is 0.493 e. The van der Waals surface area contributed by atoms with Crippen LogP contribution >= 0.6 is 11.3 Å². The maximum absolute atomic E-state index is 13.0. The van der Waals surface area contributed by atoms with Gasteiger partial charge in [0.25, 0.3) is 5.56 Å². The van der Waals surface area contributed by atoms with Crippen LogP contribution in [0.25, 0.3) is 21.3 Å². The summed E-state index contributed by atoms with van der Waals surface area (Å²) in [6, 6.07) is 6.06. The third kappa shape index (κ3) is 4.87. The van der Waals surface area contributed by atoms with Crippen LogP contribution in [-0.4, -0.2) is 52.9 Å². The number of thiophene rings is 1. The second-order valence-electron chi connectivity index (χ2n) is 8.09. The van der Waals surface area contributed by atoms with E-state index in [1.165, 1.54) is 11.3 Å². The van der Waals surface area contributed by atoms with Crippen LogP contribution in [0.5, 0.6) is 11.5 Å². The Labute approximate surface area is 191 Å². The quantitative estimate of drug-likeness (QED) is 0.426. The molecule has 0 aliphatic heterocycles. The number of benzene rings is 1. The number of nitrogens with zero attached hydrogens (tertiary/aromatic N) is 2. The van der Waals surface area contributed by atoms with Crippen molar-refractivity contribution < 1.29 is 14.6 Å². The van der Waals surface area contributed by atoms with Gasteiger partial charge in [-0.25, -0.2) is 4.98 Å². The number of H-pyrrole nitrogens is 1. The molecule has 1 aliphatic carbocycles. The Morgan fingerprint density at radius 2 is 2.12 bits per heavy atom. The normalized spacial score (nSPS) is 14.6. The molecule has 0 bridgehead atoms. The summed E-state index contributed by atoms with van der Waals surface area (Å²) in [6.45, 7) is 4.81. The number of aromatic amines is 1. The Morgan fingerprint density at radius 1 is 1.34 bits per heavy atom. The lowest BCUT2D eigenvalue weighted by atomic mass is 10.1. The van der Waals surface area contributed by atoms with Gasteiger partial charge in [-0.3, -0.25) is 9.69 Å². The Kier molecular flexibility index (Phi) is 6.93. The summed E-state index contributed by atoms with van der Waals surface area (Å²) >= 11 is 1.45. The second kappa shape index (κ2) is 9.85. The monoisotopic (exact) mass is 455 g/mol. The van der Waals surface area contributed by atoms with E-state index in [4.69, 9.17) is 14.5 Å². The zero-order valence-corrected chi connectivity index (χ0v) is 19.3. The van der Waals surface area contributed by atoms with E-state index >= 15 is 0 Å². The number of nitrogens with one attached hydrogen (secondary N) is 1. The number of hydrogen-bond acceptors (Lipinski definition) is 7. The Morgan fingerprint density at radius 3 is 2.81 bits per heavy atom. The lowest BCUT2D eigenvalue weighted by Gasteiger charge is -2.24. The number of methoxy groups -OCH3 is 2. The lowest BCUT2D eigenvalue weighted by Crippen LogP contribution is -2.35. The number of aromatic nitrogens is 2. The fraction of sp³-hybridized carbons (Fsp3) is 0.417. The molecule has 1 atom stereocenters. The molecule has 1 fully saturated rings. The van der Waals surface area contributed by atoms with Gasteiger partial charge >= 0.3 is 0 Å². The zero-order chi connectivity index (χ0) is 22.7. The van der Waals surface area contributed by atoms with E-state index in [9.17, 15) is 9.90 Å². The number of hydrogen-bond donors (Lipinski definition) is 2. The van der Waals surface area contributed by atoms with Gasteiger partial charge in [-0.2, -0.15) is 0 Å². The molecule has 3 aromatic rings. The fourth-order valence-electron chi connectivity index (χ4n) is 3.93. The van der Waals surface area contributed by atoms with Crippen molar-refractivity contribution in [1.82, 2.24) is 14.9 Å². The van der Waals surface area contributed by atoms with Gasteiger partial charge in [0.05, 0.1) is 32.3 Å². The first-order chi connectivity index (χ1) is 15.5. The first-order valence-corrected chi connectivity index (χ1v) is 11.7. The maximum Gasteiger partial charge on any atom is 0.260 e. The van der Waals surface area contributed by atoms with Gasteiger partial charge in [-0.1, -0.05) is 12.1 Å². The smallest absolute Gasteiger partial charge is 0.260 e. The van der Waals surface area contributed by atoms with Gasteiger partial charge in [0.1, 0.15) is 10.7 Å². The molecule has 8 heteroatoms. The summed E-state index contributed by atoms with van der Waals surface area (Å²) in [5, 5.41) is 12.9. The van der Waals surface area contributed by atoms with Crippen molar-refractivity contribution in [1.29, 1.82) is 0 Å². The summed E-state index contributed by atoms with van der Waals surface area (Å²) in [7, 11) is 3.19. The number of fused-ring (bicyclic) bond motifs is 1. The highest BCUT2D eigenvalue weighted by Gasteiger charge is 2.31. The molecule has 1 aliphatic rings. The van der Waals surface area contributed by atoms with Crippen LogP contribution in [0.4, 0.5) is 0 Å². The molecular weight excluding hydrogens is 426 g/mol. The first-order valence-electron chi connectivity index (χ1n) is 10.8. The molecule has 0 amide bonds. The Hall–Kier alpha value is -2.68. The van der Waals surface area contributed by atoms with E-state index in [0.717, 1.165) is 30.4 Å². The number of rotatable bonds is 11. The lowest BCUT2D eigenvalue weighted by molar-refractivity contribution is 0.0966. The summed E-state index contributed by atoms with van der Waals surface area (Å²) in [5.74, 6) is 1.88. The average molecular weight is 456 g/mol. The molecule has 1 aromatic carbocycles. The molecule has 0 spiro atoms. The van der Waals surface area contributed by atoms with Gasteiger partial charge in [-0.05, 0) is 43.4 Å². The highest BCUT2D eigenvalue weighted by Crippen LogP contribution is 2.36. The molecule has 2 aromatic heterocycles. The van der Waals surface area contributed by atoms with Gasteiger partial charge in [0.2, 0.25) is 0 Å². The van der Waals surface area contributed by atoms with E-state index < -0.39 is 6.10 Å². The van der Waals surface area contributed by atoms with Crippen molar-refractivity contribution in [2.45, 2.75) is 44.4 Å². The van der Waals surface area contributed by atoms with Gasteiger partial charge in [0, 0.05) is 23.5 Å². The molecule has 1 saturated carbocycles. The van der Waals surface area contributed by atoms with Crippen molar-refractivity contribution in [3.05, 3.63) is 52.4 Å². The van der Waals surface area contributed by atoms with E-state index in [2.05, 4.69) is 16.5 Å².